The number of amides is 1. The zero-order chi connectivity index (χ0) is 28.5. The number of halogens is 6. The summed E-state index contributed by atoms with van der Waals surface area (Å²) in [5, 5.41) is 3.58. The van der Waals surface area contributed by atoms with Crippen molar-refractivity contribution < 1.29 is 27.2 Å². The predicted octanol–water partition coefficient (Wildman–Crippen LogP) is 6.93. The van der Waals surface area contributed by atoms with E-state index in [0.29, 0.717) is 37.4 Å². The molecule has 1 saturated carbocycles. The minimum atomic E-state index is -3.73. The second-order valence-electron chi connectivity index (χ2n) is 9.83. The van der Waals surface area contributed by atoms with Gasteiger partial charge in [-0.05, 0) is 57.2 Å². The summed E-state index contributed by atoms with van der Waals surface area (Å²) in [6.45, 7) is 1.54. The Morgan fingerprint density at radius 1 is 1.03 bits per heavy atom. The molecule has 4 rings (SSSR count). The molecule has 0 atom stereocenters. The largest absolute Gasteiger partial charge is 0.328 e. The second kappa shape index (κ2) is 11.6. The molecule has 1 aliphatic carbocycles. The number of benzene rings is 1. The molecule has 0 unspecified atom stereocenters. The van der Waals surface area contributed by atoms with Crippen LogP contribution in [0.2, 0.25) is 10.0 Å². The molecule has 0 spiro atoms. The number of ketones is 1. The quantitative estimate of drug-likeness (QED) is 0.269. The number of alkyl halides is 2. The molecule has 0 radical (unpaired) electrons. The van der Waals surface area contributed by atoms with Crippen LogP contribution < -0.4 is 0 Å². The van der Waals surface area contributed by atoms with Crippen LogP contribution >= 0.6 is 23.2 Å². The highest BCUT2D eigenvalue weighted by molar-refractivity contribution is 6.35. The molecule has 1 aliphatic rings. The molecule has 3 aromatic rings. The average molecular weight is 585 g/mol. The van der Waals surface area contributed by atoms with E-state index in [1.807, 2.05) is 0 Å². The molecule has 1 aromatic carbocycles. The van der Waals surface area contributed by atoms with E-state index < -0.39 is 42.1 Å². The number of carbonyl (C=O) groups excluding carboxylic acids is 2. The highest BCUT2D eigenvalue weighted by Gasteiger charge is 2.40. The lowest BCUT2D eigenvalue weighted by Gasteiger charge is -2.29. The third kappa shape index (κ3) is 6.44. The number of aromatic nitrogens is 3. The van der Waals surface area contributed by atoms with Crippen molar-refractivity contribution in [2.24, 2.45) is 5.92 Å². The van der Waals surface area contributed by atoms with Gasteiger partial charge in [-0.3, -0.25) is 19.3 Å². The standard InChI is InChI=1S/C27H26Cl2F4N4O2/c1-15-22(10-35-37(15)21-5-3-18(4-6-21)16(2)38)26(39)36(13-17-7-19(30)9-20(31)8-17)14-27(32,33)25-23(28)11-34-12-24(25)29/h7-12,18,21H,3-6,13-14H2,1-2H3. The Morgan fingerprint density at radius 2 is 1.62 bits per heavy atom. The van der Waals surface area contributed by atoms with E-state index in [-0.39, 0.29) is 38.9 Å². The summed E-state index contributed by atoms with van der Waals surface area (Å²) in [4.78, 5) is 29.9. The molecule has 12 heteroatoms. The molecule has 6 nitrogen and oxygen atoms in total. The number of carbonyl (C=O) groups is 2. The first-order valence-electron chi connectivity index (χ1n) is 12.3. The summed E-state index contributed by atoms with van der Waals surface area (Å²) in [6.07, 6.45) is 6.09. The molecular formula is C27H26Cl2F4N4O2. The van der Waals surface area contributed by atoms with Crippen molar-refractivity contribution in [3.05, 3.63) is 80.9 Å². The number of rotatable bonds is 8. The van der Waals surface area contributed by atoms with Gasteiger partial charge in [0.25, 0.3) is 11.8 Å². The van der Waals surface area contributed by atoms with E-state index in [1.54, 1.807) is 18.5 Å². The van der Waals surface area contributed by atoms with Gasteiger partial charge < -0.3 is 4.90 Å². The third-order valence-electron chi connectivity index (χ3n) is 7.08. The highest BCUT2D eigenvalue weighted by Crippen LogP contribution is 2.39. The minimum absolute atomic E-state index is 0.00515. The van der Waals surface area contributed by atoms with Crippen molar-refractivity contribution >= 4 is 34.9 Å². The Labute approximate surface area is 232 Å². The first-order valence-corrected chi connectivity index (χ1v) is 13.1. The SMILES string of the molecule is CC(=O)C1CCC(n2ncc(C(=O)N(Cc3cc(F)cc(F)c3)CC(F)(F)c3c(Cl)cncc3Cl)c2C)CC1. The first-order chi connectivity index (χ1) is 18.4. The zero-order valence-corrected chi connectivity index (χ0v) is 22.7. The second-order valence-corrected chi connectivity index (χ2v) is 10.6. The molecule has 39 heavy (non-hydrogen) atoms. The summed E-state index contributed by atoms with van der Waals surface area (Å²) < 4.78 is 60.6. The maximum absolute atomic E-state index is 15.6. The fourth-order valence-electron chi connectivity index (χ4n) is 5.10. The summed E-state index contributed by atoms with van der Waals surface area (Å²) >= 11 is 12.0. The fourth-order valence-corrected chi connectivity index (χ4v) is 5.74. The molecule has 1 fully saturated rings. The van der Waals surface area contributed by atoms with Crippen molar-refractivity contribution in [2.75, 3.05) is 6.54 Å². The first kappa shape index (κ1) is 29.0. The summed E-state index contributed by atoms with van der Waals surface area (Å²) in [5.74, 6) is -6.21. The van der Waals surface area contributed by atoms with Crippen LogP contribution in [0.15, 0.2) is 36.8 Å². The third-order valence-corrected chi connectivity index (χ3v) is 7.66. The average Bonchev–Trinajstić information content (AvgIpc) is 3.23. The van der Waals surface area contributed by atoms with Crippen LogP contribution in [0.4, 0.5) is 17.6 Å². The molecule has 0 aliphatic heterocycles. The molecule has 0 N–H and O–H groups in total. The molecule has 208 valence electrons. The van der Waals surface area contributed by atoms with Gasteiger partial charge in [0.15, 0.2) is 0 Å². The Bertz CT molecular complexity index is 1350. The van der Waals surface area contributed by atoms with E-state index >= 15 is 8.78 Å². The van der Waals surface area contributed by atoms with Crippen LogP contribution in [0.5, 0.6) is 0 Å². The topological polar surface area (TPSA) is 68.1 Å². The van der Waals surface area contributed by atoms with Gasteiger partial charge >= 0.3 is 0 Å². The molecule has 2 aromatic heterocycles. The summed E-state index contributed by atoms with van der Waals surface area (Å²) in [5.41, 5.74) is -0.192. The van der Waals surface area contributed by atoms with Gasteiger partial charge in [-0.25, -0.2) is 8.78 Å². The molecule has 0 bridgehead atoms. The lowest BCUT2D eigenvalue weighted by atomic mass is 9.84. The van der Waals surface area contributed by atoms with E-state index in [0.717, 1.165) is 29.4 Å². The van der Waals surface area contributed by atoms with E-state index in [4.69, 9.17) is 23.2 Å². The van der Waals surface area contributed by atoms with E-state index in [1.165, 1.54) is 6.20 Å². The van der Waals surface area contributed by atoms with Crippen LogP contribution in [0.25, 0.3) is 0 Å². The van der Waals surface area contributed by atoms with Gasteiger partial charge in [0, 0.05) is 36.6 Å². The maximum Gasteiger partial charge on any atom is 0.293 e. The van der Waals surface area contributed by atoms with E-state index in [9.17, 15) is 18.4 Å². The summed E-state index contributed by atoms with van der Waals surface area (Å²) in [6, 6.07) is 2.54. The van der Waals surface area contributed by atoms with Gasteiger partial charge in [0.2, 0.25) is 0 Å². The molecule has 0 saturated heterocycles. The number of Topliss-reactive ketones (excluding diaryl/α,β-unsaturated/α-hetero) is 1. The molecular weight excluding hydrogens is 559 g/mol. The predicted molar refractivity (Wildman–Crippen MR) is 138 cm³/mol. The van der Waals surface area contributed by atoms with Crippen molar-refractivity contribution in [3.8, 4) is 0 Å². The van der Waals surface area contributed by atoms with Crippen molar-refractivity contribution in [1.82, 2.24) is 19.7 Å². The Hall–Kier alpha value is -2.98. The number of pyridine rings is 1. The highest BCUT2D eigenvalue weighted by atomic mass is 35.5. The maximum atomic E-state index is 15.6. The molecule has 1 amide bonds. The molecule has 2 heterocycles. The van der Waals surface area contributed by atoms with Gasteiger partial charge in [-0.1, -0.05) is 23.2 Å². The lowest BCUT2D eigenvalue weighted by Crippen LogP contribution is -2.40. The van der Waals surface area contributed by atoms with Gasteiger partial charge in [-0.15, -0.1) is 0 Å². The Kier molecular flexibility index (Phi) is 8.66. The zero-order valence-electron chi connectivity index (χ0n) is 21.2. The fraction of sp³-hybridized carbons (Fsp3) is 0.407. The van der Waals surface area contributed by atoms with Crippen LogP contribution in [-0.4, -0.2) is 37.9 Å². The Morgan fingerprint density at radius 3 is 2.18 bits per heavy atom. The van der Waals surface area contributed by atoms with Crippen LogP contribution in [0.3, 0.4) is 0 Å². The van der Waals surface area contributed by atoms with Crippen LogP contribution in [0.1, 0.15) is 65.8 Å². The van der Waals surface area contributed by atoms with Crippen LogP contribution in [-0.2, 0) is 17.3 Å². The van der Waals surface area contributed by atoms with Gasteiger partial charge in [0.05, 0.1) is 40.0 Å². The van der Waals surface area contributed by atoms with Crippen LogP contribution in [0, 0.1) is 24.5 Å². The van der Waals surface area contributed by atoms with Gasteiger partial charge in [0.1, 0.15) is 17.4 Å². The normalized spacial score (nSPS) is 17.7. The van der Waals surface area contributed by atoms with Crippen molar-refractivity contribution in [3.63, 3.8) is 0 Å². The smallest absolute Gasteiger partial charge is 0.293 e. The number of hydrogen-bond acceptors (Lipinski definition) is 4. The monoisotopic (exact) mass is 584 g/mol. The number of nitrogens with zero attached hydrogens (tertiary/aromatic N) is 4. The number of hydrogen-bond donors (Lipinski definition) is 0. The van der Waals surface area contributed by atoms with Crippen molar-refractivity contribution in [2.45, 2.75) is 58.0 Å². The van der Waals surface area contributed by atoms with E-state index in [2.05, 4.69) is 10.1 Å². The van der Waals surface area contributed by atoms with Crippen molar-refractivity contribution in [1.29, 1.82) is 0 Å². The summed E-state index contributed by atoms with van der Waals surface area (Å²) in [7, 11) is 0. The lowest BCUT2D eigenvalue weighted by molar-refractivity contribution is -0.121. The van der Waals surface area contributed by atoms with Gasteiger partial charge in [-0.2, -0.15) is 13.9 Å². The Balaban J connectivity index is 1.66. The minimum Gasteiger partial charge on any atom is -0.328 e.